The van der Waals surface area contributed by atoms with Gasteiger partial charge in [-0.3, -0.25) is 4.57 Å². The average molecular weight is 303 g/mol. The molecular weight excluding hydrogens is 295 g/mol. The summed E-state index contributed by atoms with van der Waals surface area (Å²) in [4.78, 5) is 8.75. The zero-order chi connectivity index (χ0) is 14.1. The fraction of sp³-hybridized carbons (Fsp3) is 0.0714. The van der Waals surface area contributed by atoms with Gasteiger partial charge in [-0.1, -0.05) is 11.6 Å². The van der Waals surface area contributed by atoms with Crippen molar-refractivity contribution < 1.29 is 0 Å². The Kier molecular flexibility index (Phi) is 3.31. The first-order valence-corrected chi connectivity index (χ1v) is 6.74. The first kappa shape index (κ1) is 12.9. The van der Waals surface area contributed by atoms with Crippen LogP contribution in [-0.2, 0) is 5.88 Å². The van der Waals surface area contributed by atoms with Crippen LogP contribution in [0.2, 0.25) is 5.02 Å². The van der Waals surface area contributed by atoms with Crippen LogP contribution in [0.5, 0.6) is 0 Å². The summed E-state index contributed by atoms with van der Waals surface area (Å²) in [5.41, 5.74) is 2.58. The van der Waals surface area contributed by atoms with Gasteiger partial charge in [-0.2, -0.15) is 5.26 Å². The number of fused-ring (bicyclic) bond motifs is 1. The summed E-state index contributed by atoms with van der Waals surface area (Å²) < 4.78 is 1.78. The lowest BCUT2D eigenvalue weighted by molar-refractivity contribution is 0.969. The number of nitriles is 1. The molecule has 6 heteroatoms. The van der Waals surface area contributed by atoms with Gasteiger partial charge in [-0.25, -0.2) is 9.97 Å². The Labute approximate surface area is 125 Å². The Morgan fingerprint density at radius 3 is 2.90 bits per heavy atom. The van der Waals surface area contributed by atoms with Crippen molar-refractivity contribution in [1.82, 2.24) is 14.5 Å². The minimum absolute atomic E-state index is 0.226. The number of hydrogen-bond donors (Lipinski definition) is 0. The molecule has 2 heterocycles. The van der Waals surface area contributed by atoms with E-state index in [4.69, 9.17) is 28.5 Å². The van der Waals surface area contributed by atoms with E-state index in [1.165, 1.54) is 0 Å². The monoisotopic (exact) mass is 302 g/mol. The third kappa shape index (κ3) is 2.01. The number of pyridine rings is 1. The zero-order valence-corrected chi connectivity index (χ0v) is 11.7. The number of imidazole rings is 1. The molecule has 20 heavy (non-hydrogen) atoms. The van der Waals surface area contributed by atoms with Crippen molar-refractivity contribution >= 4 is 34.4 Å². The van der Waals surface area contributed by atoms with Crippen molar-refractivity contribution in [3.05, 3.63) is 52.9 Å². The molecular formula is C14H8Cl2N4. The number of benzene rings is 1. The highest BCUT2D eigenvalue weighted by atomic mass is 35.5. The molecule has 0 N–H and O–H groups in total. The Balaban J connectivity index is 2.37. The first-order valence-electron chi connectivity index (χ1n) is 5.83. The Hall–Kier alpha value is -2.09. The van der Waals surface area contributed by atoms with Crippen molar-refractivity contribution in [2.75, 3.05) is 0 Å². The number of halogens is 2. The molecule has 0 atom stereocenters. The molecule has 98 valence electrons. The van der Waals surface area contributed by atoms with E-state index in [0.717, 1.165) is 5.52 Å². The second-order valence-electron chi connectivity index (χ2n) is 4.12. The Bertz CT molecular complexity index is 833. The molecule has 2 aromatic heterocycles. The van der Waals surface area contributed by atoms with Gasteiger partial charge < -0.3 is 0 Å². The summed E-state index contributed by atoms with van der Waals surface area (Å²) >= 11 is 12.2. The largest absolute Gasteiger partial charge is 0.278 e. The smallest absolute Gasteiger partial charge is 0.164 e. The topological polar surface area (TPSA) is 54.5 Å². The molecule has 1 aromatic carbocycles. The second-order valence-corrected chi connectivity index (χ2v) is 4.80. The van der Waals surface area contributed by atoms with E-state index in [1.807, 2.05) is 12.1 Å². The van der Waals surface area contributed by atoms with Crippen molar-refractivity contribution in [2.24, 2.45) is 0 Å². The van der Waals surface area contributed by atoms with Crippen molar-refractivity contribution in [2.45, 2.75) is 5.88 Å². The molecule has 0 radical (unpaired) electrons. The molecule has 0 saturated heterocycles. The maximum absolute atomic E-state index is 9.03. The van der Waals surface area contributed by atoms with E-state index in [1.54, 1.807) is 29.0 Å². The Morgan fingerprint density at radius 1 is 1.30 bits per heavy atom. The zero-order valence-electron chi connectivity index (χ0n) is 10.2. The number of hydrogen-bond acceptors (Lipinski definition) is 3. The van der Waals surface area contributed by atoms with Gasteiger partial charge in [0.1, 0.15) is 11.3 Å². The summed E-state index contributed by atoms with van der Waals surface area (Å²) in [7, 11) is 0. The van der Waals surface area contributed by atoms with Crippen LogP contribution >= 0.6 is 23.2 Å². The molecule has 0 fully saturated rings. The van der Waals surface area contributed by atoms with Gasteiger partial charge in [0.05, 0.1) is 28.2 Å². The average Bonchev–Trinajstić information content (AvgIpc) is 2.86. The lowest BCUT2D eigenvalue weighted by Gasteiger charge is -2.09. The van der Waals surface area contributed by atoms with Crippen LogP contribution in [0, 0.1) is 11.3 Å². The van der Waals surface area contributed by atoms with Gasteiger partial charge in [-0.05, 0) is 30.3 Å². The minimum Gasteiger partial charge on any atom is -0.278 e. The summed E-state index contributed by atoms with van der Waals surface area (Å²) in [6.45, 7) is 0. The maximum atomic E-state index is 9.03. The van der Waals surface area contributed by atoms with Crippen LogP contribution in [-0.4, -0.2) is 14.5 Å². The number of rotatable bonds is 2. The fourth-order valence-corrected chi connectivity index (χ4v) is 2.44. The quantitative estimate of drug-likeness (QED) is 0.678. The number of alkyl halides is 1. The SMILES string of the molecule is N#Cc1ccc(Cl)c(-n2c(CCl)nc3cccnc32)c1. The van der Waals surface area contributed by atoms with Crippen molar-refractivity contribution in [3.8, 4) is 11.8 Å². The van der Waals surface area contributed by atoms with Gasteiger partial charge >= 0.3 is 0 Å². The van der Waals surface area contributed by atoms with Crippen LogP contribution in [0.25, 0.3) is 16.9 Å². The highest BCUT2D eigenvalue weighted by Gasteiger charge is 2.15. The maximum Gasteiger partial charge on any atom is 0.164 e. The molecule has 0 aliphatic carbocycles. The lowest BCUT2D eigenvalue weighted by Crippen LogP contribution is -2.01. The number of aromatic nitrogens is 3. The molecule has 3 aromatic rings. The highest BCUT2D eigenvalue weighted by molar-refractivity contribution is 6.32. The minimum atomic E-state index is 0.226. The predicted octanol–water partition coefficient (Wildman–Crippen LogP) is 3.68. The molecule has 0 saturated carbocycles. The van der Waals surface area contributed by atoms with E-state index >= 15 is 0 Å². The summed E-state index contributed by atoms with van der Waals surface area (Å²) in [6, 6.07) is 10.8. The normalized spacial score (nSPS) is 10.7. The van der Waals surface area contributed by atoms with Gasteiger partial charge in [0.2, 0.25) is 0 Å². The highest BCUT2D eigenvalue weighted by Crippen LogP contribution is 2.27. The number of nitrogens with zero attached hydrogens (tertiary/aromatic N) is 4. The van der Waals surface area contributed by atoms with Crippen molar-refractivity contribution in [3.63, 3.8) is 0 Å². The third-order valence-electron chi connectivity index (χ3n) is 2.92. The molecule has 4 nitrogen and oxygen atoms in total. The van der Waals surface area contributed by atoms with E-state index < -0.39 is 0 Å². The molecule has 0 aliphatic rings. The van der Waals surface area contributed by atoms with E-state index in [0.29, 0.717) is 27.7 Å². The summed E-state index contributed by atoms with van der Waals surface area (Å²) in [5.74, 6) is 0.862. The van der Waals surface area contributed by atoms with Gasteiger partial charge in [0, 0.05) is 6.20 Å². The van der Waals surface area contributed by atoms with Crippen LogP contribution in [0.3, 0.4) is 0 Å². The van der Waals surface area contributed by atoms with Gasteiger partial charge in [0.15, 0.2) is 5.65 Å². The van der Waals surface area contributed by atoms with Crippen molar-refractivity contribution in [1.29, 1.82) is 5.26 Å². The molecule has 3 rings (SSSR count). The van der Waals surface area contributed by atoms with E-state index in [9.17, 15) is 0 Å². The molecule has 0 amide bonds. The van der Waals surface area contributed by atoms with Gasteiger partial charge in [0.25, 0.3) is 0 Å². The van der Waals surface area contributed by atoms with E-state index in [-0.39, 0.29) is 5.88 Å². The van der Waals surface area contributed by atoms with Crippen LogP contribution in [0.1, 0.15) is 11.4 Å². The second kappa shape index (κ2) is 5.12. The third-order valence-corrected chi connectivity index (χ3v) is 3.48. The van der Waals surface area contributed by atoms with Gasteiger partial charge in [-0.15, -0.1) is 11.6 Å². The van der Waals surface area contributed by atoms with Crippen LogP contribution in [0.15, 0.2) is 36.5 Å². The molecule has 0 bridgehead atoms. The van der Waals surface area contributed by atoms with Crippen LogP contribution in [0.4, 0.5) is 0 Å². The Morgan fingerprint density at radius 2 is 2.15 bits per heavy atom. The molecule has 0 aliphatic heterocycles. The molecule has 0 spiro atoms. The standard InChI is InChI=1S/C14H8Cl2N4/c15-7-13-19-11-2-1-5-18-14(11)20(13)12-6-9(8-17)3-4-10(12)16/h1-6H,7H2. The summed E-state index contributed by atoms with van der Waals surface area (Å²) in [6.07, 6.45) is 1.68. The summed E-state index contributed by atoms with van der Waals surface area (Å²) in [5, 5.41) is 9.54. The van der Waals surface area contributed by atoms with E-state index in [2.05, 4.69) is 16.0 Å². The first-order chi connectivity index (χ1) is 9.74. The lowest BCUT2D eigenvalue weighted by atomic mass is 10.2. The van der Waals surface area contributed by atoms with Crippen LogP contribution < -0.4 is 0 Å². The fourth-order valence-electron chi connectivity index (χ4n) is 2.06. The molecule has 0 unspecified atom stereocenters. The predicted molar refractivity (Wildman–Crippen MR) is 78.1 cm³/mol.